The molecule has 0 aromatic heterocycles. The van der Waals surface area contributed by atoms with E-state index in [2.05, 4.69) is 5.32 Å². The van der Waals surface area contributed by atoms with Crippen LogP contribution in [-0.4, -0.2) is 19.1 Å². The maximum absolute atomic E-state index is 12.3. The first kappa shape index (κ1) is 17.7. The molecule has 2 rings (SSSR count). The van der Waals surface area contributed by atoms with E-state index in [1.165, 1.54) is 7.11 Å². The summed E-state index contributed by atoms with van der Waals surface area (Å²) in [4.78, 5) is 12.3. The minimum atomic E-state index is -0.780. The largest absolute Gasteiger partial charge is 0.495 e. The van der Waals surface area contributed by atoms with Gasteiger partial charge in [-0.15, -0.1) is 0 Å². The summed E-state index contributed by atoms with van der Waals surface area (Å²) < 4.78 is 10.7. The van der Waals surface area contributed by atoms with Crippen molar-refractivity contribution in [3.05, 3.63) is 51.5 Å². The van der Waals surface area contributed by atoms with Crippen molar-refractivity contribution in [1.29, 1.82) is 0 Å². The maximum atomic E-state index is 12.3. The molecule has 7 heteroatoms. The molecule has 2 aromatic rings. The summed E-state index contributed by atoms with van der Waals surface area (Å²) in [5.74, 6) is 0.507. The molecule has 2 aromatic carbocycles. The molecule has 0 fully saturated rings. The normalized spacial score (nSPS) is 11.7. The molecule has 0 spiro atoms. The number of amides is 1. The second-order valence-corrected chi connectivity index (χ2v) is 5.95. The first-order valence-electron chi connectivity index (χ1n) is 6.67. The Morgan fingerprint density at radius 2 is 1.65 bits per heavy atom. The van der Waals surface area contributed by atoms with Crippen molar-refractivity contribution >= 4 is 46.4 Å². The van der Waals surface area contributed by atoms with Crippen LogP contribution in [0.25, 0.3) is 0 Å². The van der Waals surface area contributed by atoms with Crippen LogP contribution < -0.4 is 14.8 Å². The molecule has 0 bridgehead atoms. The predicted octanol–water partition coefficient (Wildman–Crippen LogP) is 5.06. The van der Waals surface area contributed by atoms with Gasteiger partial charge in [-0.05, 0) is 43.3 Å². The number of methoxy groups -OCH3 is 1. The molecule has 0 aliphatic carbocycles. The van der Waals surface area contributed by atoms with Crippen LogP contribution in [0.15, 0.2) is 36.4 Å². The summed E-state index contributed by atoms with van der Waals surface area (Å²) in [6, 6.07) is 9.72. The first-order valence-corrected chi connectivity index (χ1v) is 7.80. The number of hydrogen-bond donors (Lipinski definition) is 1. The van der Waals surface area contributed by atoms with E-state index in [9.17, 15) is 4.79 Å². The molecule has 0 aliphatic rings. The Balaban J connectivity index is 2.10. The highest BCUT2D eigenvalue weighted by Crippen LogP contribution is 2.30. The van der Waals surface area contributed by atoms with Gasteiger partial charge in [0, 0.05) is 10.0 Å². The molecule has 122 valence electrons. The summed E-state index contributed by atoms with van der Waals surface area (Å²) >= 11 is 17.8. The average molecular weight is 375 g/mol. The Bertz CT molecular complexity index is 722. The highest BCUT2D eigenvalue weighted by molar-refractivity contribution is 6.35. The predicted molar refractivity (Wildman–Crippen MR) is 93.2 cm³/mol. The van der Waals surface area contributed by atoms with Gasteiger partial charge in [-0.25, -0.2) is 0 Å². The van der Waals surface area contributed by atoms with E-state index in [1.807, 2.05) is 0 Å². The van der Waals surface area contributed by atoms with Gasteiger partial charge in [0.2, 0.25) is 0 Å². The van der Waals surface area contributed by atoms with Crippen molar-refractivity contribution in [3.63, 3.8) is 0 Å². The molecule has 1 atom stereocenters. The molecule has 0 unspecified atom stereocenters. The monoisotopic (exact) mass is 373 g/mol. The topological polar surface area (TPSA) is 47.6 Å². The Labute approximate surface area is 149 Å². The fourth-order valence-corrected chi connectivity index (χ4v) is 2.45. The number of hydrogen-bond acceptors (Lipinski definition) is 3. The second-order valence-electron chi connectivity index (χ2n) is 4.67. The lowest BCUT2D eigenvalue weighted by Crippen LogP contribution is -2.30. The Hall–Kier alpha value is -1.62. The maximum Gasteiger partial charge on any atom is 0.265 e. The van der Waals surface area contributed by atoms with Crippen molar-refractivity contribution in [2.24, 2.45) is 0 Å². The molecular formula is C16H14Cl3NO3. The van der Waals surface area contributed by atoms with Crippen LogP contribution >= 0.6 is 34.8 Å². The lowest BCUT2D eigenvalue weighted by molar-refractivity contribution is -0.122. The van der Waals surface area contributed by atoms with Crippen molar-refractivity contribution < 1.29 is 14.3 Å². The number of carbonyl (C=O) groups excluding carboxylic acids is 1. The zero-order chi connectivity index (χ0) is 17.0. The van der Waals surface area contributed by atoms with Gasteiger partial charge < -0.3 is 14.8 Å². The van der Waals surface area contributed by atoms with Crippen LogP contribution in [-0.2, 0) is 4.79 Å². The van der Waals surface area contributed by atoms with Crippen LogP contribution in [0.5, 0.6) is 11.5 Å². The molecule has 0 aliphatic heterocycles. The Morgan fingerprint density at radius 3 is 2.26 bits per heavy atom. The van der Waals surface area contributed by atoms with E-state index in [4.69, 9.17) is 44.3 Å². The third-order valence-electron chi connectivity index (χ3n) is 2.99. The van der Waals surface area contributed by atoms with E-state index in [-0.39, 0.29) is 5.91 Å². The van der Waals surface area contributed by atoms with Crippen LogP contribution in [0.3, 0.4) is 0 Å². The Kier molecular flexibility index (Phi) is 5.99. The SMILES string of the molecule is COc1ccc(Cl)cc1NC(=O)[C@@H](C)Oc1ccc(Cl)cc1Cl. The molecule has 0 saturated heterocycles. The van der Waals surface area contributed by atoms with Crippen LogP contribution in [0.1, 0.15) is 6.92 Å². The smallest absolute Gasteiger partial charge is 0.265 e. The van der Waals surface area contributed by atoms with Gasteiger partial charge in [0.25, 0.3) is 5.91 Å². The Morgan fingerprint density at radius 1 is 1.04 bits per heavy atom. The zero-order valence-corrected chi connectivity index (χ0v) is 14.7. The molecular weight excluding hydrogens is 361 g/mol. The van der Waals surface area contributed by atoms with E-state index in [0.29, 0.717) is 32.3 Å². The summed E-state index contributed by atoms with van der Waals surface area (Å²) in [7, 11) is 1.51. The highest BCUT2D eigenvalue weighted by atomic mass is 35.5. The van der Waals surface area contributed by atoms with Gasteiger partial charge in [0.15, 0.2) is 6.10 Å². The molecule has 0 saturated carbocycles. The number of rotatable bonds is 5. The van der Waals surface area contributed by atoms with Crippen molar-refractivity contribution in [2.75, 3.05) is 12.4 Å². The standard InChI is InChI=1S/C16H14Cl3NO3/c1-9(23-14-5-3-10(17)7-12(14)19)16(21)20-13-8-11(18)4-6-15(13)22-2/h3-9H,1-2H3,(H,20,21)/t9-/m1/s1. The fraction of sp³-hybridized carbons (Fsp3) is 0.188. The van der Waals surface area contributed by atoms with Gasteiger partial charge in [-0.3, -0.25) is 4.79 Å². The second kappa shape index (κ2) is 7.77. The van der Waals surface area contributed by atoms with E-state index >= 15 is 0 Å². The molecule has 4 nitrogen and oxygen atoms in total. The van der Waals surface area contributed by atoms with Gasteiger partial charge in [0.1, 0.15) is 11.5 Å². The van der Waals surface area contributed by atoms with Crippen LogP contribution in [0.4, 0.5) is 5.69 Å². The van der Waals surface area contributed by atoms with E-state index in [0.717, 1.165) is 0 Å². The molecule has 1 N–H and O–H groups in total. The molecule has 0 heterocycles. The fourth-order valence-electron chi connectivity index (χ4n) is 1.83. The number of halogens is 3. The average Bonchev–Trinajstić information content (AvgIpc) is 2.50. The van der Waals surface area contributed by atoms with Crippen LogP contribution in [0, 0.1) is 0 Å². The van der Waals surface area contributed by atoms with Gasteiger partial charge in [0.05, 0.1) is 17.8 Å². The van der Waals surface area contributed by atoms with Crippen LogP contribution in [0.2, 0.25) is 15.1 Å². The highest BCUT2D eigenvalue weighted by Gasteiger charge is 2.18. The first-order chi connectivity index (χ1) is 10.9. The summed E-state index contributed by atoms with van der Waals surface area (Å²) in [6.07, 6.45) is -0.780. The third-order valence-corrected chi connectivity index (χ3v) is 3.75. The van der Waals surface area contributed by atoms with E-state index in [1.54, 1.807) is 43.3 Å². The molecule has 0 radical (unpaired) electrons. The number of benzene rings is 2. The number of nitrogens with one attached hydrogen (secondary N) is 1. The lowest BCUT2D eigenvalue weighted by Gasteiger charge is -2.17. The number of ether oxygens (including phenoxy) is 2. The van der Waals surface area contributed by atoms with Crippen molar-refractivity contribution in [1.82, 2.24) is 0 Å². The van der Waals surface area contributed by atoms with Gasteiger partial charge in [-0.2, -0.15) is 0 Å². The summed E-state index contributed by atoms with van der Waals surface area (Å²) in [6.45, 7) is 1.61. The molecule has 23 heavy (non-hydrogen) atoms. The quantitative estimate of drug-likeness (QED) is 0.795. The summed E-state index contributed by atoms with van der Waals surface area (Å²) in [5, 5.41) is 4.01. The lowest BCUT2D eigenvalue weighted by atomic mass is 10.2. The minimum Gasteiger partial charge on any atom is -0.495 e. The number of anilines is 1. The zero-order valence-electron chi connectivity index (χ0n) is 12.4. The minimum absolute atomic E-state index is 0.331. The number of carbonyl (C=O) groups is 1. The third kappa shape index (κ3) is 4.67. The van der Waals surface area contributed by atoms with Crippen molar-refractivity contribution in [2.45, 2.75) is 13.0 Å². The van der Waals surface area contributed by atoms with Gasteiger partial charge >= 0.3 is 0 Å². The van der Waals surface area contributed by atoms with Gasteiger partial charge in [-0.1, -0.05) is 34.8 Å². The van der Waals surface area contributed by atoms with E-state index < -0.39 is 6.10 Å². The van der Waals surface area contributed by atoms with Crippen molar-refractivity contribution in [3.8, 4) is 11.5 Å². The summed E-state index contributed by atoms with van der Waals surface area (Å²) in [5.41, 5.74) is 0.461. The molecule has 1 amide bonds.